The molecule has 1 heterocycles. The fraction of sp³-hybridized carbons (Fsp3) is 0.786. The van der Waals surface area contributed by atoms with E-state index < -0.39 is 23.1 Å². The first-order valence-electron chi connectivity index (χ1n) is 6.81. The molecule has 0 radical (unpaired) electrons. The summed E-state index contributed by atoms with van der Waals surface area (Å²) in [6, 6.07) is 0. The molecule has 7 heteroatoms. The Hall–Kier alpha value is -1.79. The Kier molecular flexibility index (Phi) is 5.20. The van der Waals surface area contributed by atoms with Crippen LogP contribution in [0.15, 0.2) is 5.16 Å². The highest BCUT2D eigenvalue weighted by molar-refractivity contribution is 6.07. The second kappa shape index (κ2) is 6.32. The van der Waals surface area contributed by atoms with Gasteiger partial charge in [0.15, 0.2) is 0 Å². The molecule has 0 aliphatic carbocycles. The first-order valence-corrected chi connectivity index (χ1v) is 6.81. The van der Waals surface area contributed by atoms with Gasteiger partial charge in [0.2, 0.25) is 0 Å². The van der Waals surface area contributed by atoms with Gasteiger partial charge in [-0.25, -0.2) is 4.79 Å². The number of carbonyl (C=O) groups is 2. The van der Waals surface area contributed by atoms with Crippen LogP contribution in [-0.4, -0.2) is 55.6 Å². The van der Waals surface area contributed by atoms with Gasteiger partial charge in [-0.1, -0.05) is 5.16 Å². The Morgan fingerprint density at radius 3 is 2.38 bits per heavy atom. The van der Waals surface area contributed by atoms with Gasteiger partial charge in [0, 0.05) is 19.5 Å². The highest BCUT2D eigenvalue weighted by Crippen LogP contribution is 2.30. The van der Waals surface area contributed by atoms with Gasteiger partial charge in [-0.2, -0.15) is 0 Å². The van der Waals surface area contributed by atoms with E-state index in [1.54, 1.807) is 27.7 Å². The number of amides is 1. The molecule has 1 rings (SSSR count). The standard InChI is InChI=1S/C14H24N2O5/c1-13(2,3)21-12(18)16-8-7-10(15-20-6)14(4,9-16)11(17)19-5/h7-9H2,1-6H3/b15-10+. The molecule has 1 aliphatic heterocycles. The molecule has 120 valence electrons. The fourth-order valence-electron chi connectivity index (χ4n) is 2.22. The van der Waals surface area contributed by atoms with Crippen molar-refractivity contribution >= 4 is 17.8 Å². The summed E-state index contributed by atoms with van der Waals surface area (Å²) in [5, 5.41) is 3.91. The molecule has 1 unspecified atom stereocenters. The largest absolute Gasteiger partial charge is 0.468 e. The van der Waals surface area contributed by atoms with Crippen molar-refractivity contribution in [3.8, 4) is 0 Å². The Morgan fingerprint density at radius 2 is 1.90 bits per heavy atom. The number of esters is 1. The minimum Gasteiger partial charge on any atom is -0.468 e. The summed E-state index contributed by atoms with van der Waals surface area (Å²) in [7, 11) is 2.73. The normalized spacial score (nSPS) is 24.7. The van der Waals surface area contributed by atoms with Gasteiger partial charge >= 0.3 is 12.1 Å². The molecule has 1 amide bonds. The predicted molar refractivity (Wildman–Crippen MR) is 77.0 cm³/mol. The van der Waals surface area contributed by atoms with Crippen molar-refractivity contribution in [2.24, 2.45) is 10.6 Å². The average molecular weight is 300 g/mol. The third-order valence-corrected chi connectivity index (χ3v) is 3.25. The molecule has 1 fully saturated rings. The Balaban J connectivity index is 2.95. The molecule has 1 saturated heterocycles. The van der Waals surface area contributed by atoms with Crippen molar-refractivity contribution in [1.82, 2.24) is 4.90 Å². The smallest absolute Gasteiger partial charge is 0.410 e. The van der Waals surface area contributed by atoms with Crippen LogP contribution in [0.3, 0.4) is 0 Å². The lowest BCUT2D eigenvalue weighted by Crippen LogP contribution is -2.55. The van der Waals surface area contributed by atoms with Gasteiger partial charge in [-0.3, -0.25) is 4.79 Å². The second-order valence-electron chi connectivity index (χ2n) is 6.20. The van der Waals surface area contributed by atoms with E-state index in [1.165, 1.54) is 19.1 Å². The lowest BCUT2D eigenvalue weighted by atomic mass is 9.80. The van der Waals surface area contributed by atoms with E-state index in [4.69, 9.17) is 14.3 Å². The lowest BCUT2D eigenvalue weighted by molar-refractivity contribution is -0.149. The molecule has 0 spiro atoms. The SMILES string of the molecule is CO/N=C1\CCN(C(=O)OC(C)(C)C)CC1(C)C(=O)OC. The Bertz CT molecular complexity index is 441. The predicted octanol–water partition coefficient (Wildman–Crippen LogP) is 1.81. The summed E-state index contributed by atoms with van der Waals surface area (Å²) in [5.74, 6) is -0.452. The zero-order valence-electron chi connectivity index (χ0n) is 13.6. The van der Waals surface area contributed by atoms with Crippen LogP contribution < -0.4 is 0 Å². The summed E-state index contributed by atoms with van der Waals surface area (Å²) in [6.07, 6.45) is -0.0207. The zero-order chi connectivity index (χ0) is 16.3. The van der Waals surface area contributed by atoms with Crippen LogP contribution in [0.4, 0.5) is 4.79 Å². The maximum atomic E-state index is 12.2. The van der Waals surface area contributed by atoms with Crippen LogP contribution in [0, 0.1) is 5.41 Å². The number of oxime groups is 1. The summed E-state index contributed by atoms with van der Waals surface area (Å²) < 4.78 is 10.2. The number of methoxy groups -OCH3 is 1. The molecule has 0 aromatic rings. The van der Waals surface area contributed by atoms with Crippen LogP contribution in [0.5, 0.6) is 0 Å². The molecule has 0 N–H and O–H groups in total. The van der Waals surface area contributed by atoms with Gasteiger partial charge in [-0.05, 0) is 27.7 Å². The quantitative estimate of drug-likeness (QED) is 0.574. The van der Waals surface area contributed by atoms with Crippen molar-refractivity contribution in [3.05, 3.63) is 0 Å². The molecule has 0 saturated carbocycles. The third kappa shape index (κ3) is 4.09. The van der Waals surface area contributed by atoms with Crippen LogP contribution in [0.1, 0.15) is 34.1 Å². The maximum Gasteiger partial charge on any atom is 0.410 e. The minimum atomic E-state index is -1.03. The zero-order valence-corrected chi connectivity index (χ0v) is 13.6. The van der Waals surface area contributed by atoms with Crippen LogP contribution >= 0.6 is 0 Å². The van der Waals surface area contributed by atoms with Crippen molar-refractivity contribution in [1.29, 1.82) is 0 Å². The first kappa shape index (κ1) is 17.3. The summed E-state index contributed by atoms with van der Waals surface area (Å²) in [4.78, 5) is 30.5. The fourth-order valence-corrected chi connectivity index (χ4v) is 2.22. The van der Waals surface area contributed by atoms with E-state index in [-0.39, 0.29) is 6.54 Å². The van der Waals surface area contributed by atoms with E-state index in [1.807, 2.05) is 0 Å². The van der Waals surface area contributed by atoms with Crippen molar-refractivity contribution < 1.29 is 23.9 Å². The van der Waals surface area contributed by atoms with Crippen molar-refractivity contribution in [2.75, 3.05) is 27.3 Å². The maximum absolute atomic E-state index is 12.2. The van der Waals surface area contributed by atoms with Gasteiger partial charge in [0.1, 0.15) is 18.1 Å². The van der Waals surface area contributed by atoms with E-state index in [0.29, 0.717) is 18.7 Å². The number of carbonyl (C=O) groups excluding carboxylic acids is 2. The van der Waals surface area contributed by atoms with Gasteiger partial charge < -0.3 is 19.2 Å². The van der Waals surface area contributed by atoms with Gasteiger partial charge in [0.25, 0.3) is 0 Å². The van der Waals surface area contributed by atoms with E-state index >= 15 is 0 Å². The number of ether oxygens (including phenoxy) is 2. The molecule has 7 nitrogen and oxygen atoms in total. The monoisotopic (exact) mass is 300 g/mol. The molecule has 0 aromatic heterocycles. The lowest BCUT2D eigenvalue weighted by Gasteiger charge is -2.39. The van der Waals surface area contributed by atoms with E-state index in [0.717, 1.165) is 0 Å². The Labute approximate surface area is 125 Å². The topological polar surface area (TPSA) is 77.4 Å². The van der Waals surface area contributed by atoms with Gasteiger partial charge in [-0.15, -0.1) is 0 Å². The second-order valence-corrected chi connectivity index (χ2v) is 6.20. The molecular weight excluding hydrogens is 276 g/mol. The number of piperidine rings is 1. The highest BCUT2D eigenvalue weighted by Gasteiger charge is 2.46. The van der Waals surface area contributed by atoms with Crippen LogP contribution in [0.2, 0.25) is 0 Å². The van der Waals surface area contributed by atoms with Crippen LogP contribution in [-0.2, 0) is 19.1 Å². The van der Waals surface area contributed by atoms with Crippen molar-refractivity contribution in [3.63, 3.8) is 0 Å². The molecule has 0 aromatic carbocycles. The molecule has 21 heavy (non-hydrogen) atoms. The molecule has 1 aliphatic rings. The number of hydrogen-bond acceptors (Lipinski definition) is 6. The average Bonchev–Trinajstić information content (AvgIpc) is 2.38. The number of rotatable bonds is 2. The van der Waals surface area contributed by atoms with E-state index in [9.17, 15) is 9.59 Å². The first-order chi connectivity index (χ1) is 9.64. The summed E-state index contributed by atoms with van der Waals surface area (Å²) in [5.41, 5.74) is -1.05. The molecular formula is C14H24N2O5. The number of nitrogens with zero attached hydrogens (tertiary/aromatic N) is 2. The number of hydrogen-bond donors (Lipinski definition) is 0. The van der Waals surface area contributed by atoms with Crippen molar-refractivity contribution in [2.45, 2.75) is 39.7 Å². The van der Waals surface area contributed by atoms with Crippen LogP contribution in [0.25, 0.3) is 0 Å². The third-order valence-electron chi connectivity index (χ3n) is 3.25. The summed E-state index contributed by atoms with van der Waals surface area (Å²) in [6.45, 7) is 7.65. The molecule has 0 bridgehead atoms. The summed E-state index contributed by atoms with van der Waals surface area (Å²) >= 11 is 0. The Morgan fingerprint density at radius 1 is 1.29 bits per heavy atom. The van der Waals surface area contributed by atoms with Gasteiger partial charge in [0.05, 0.1) is 12.8 Å². The highest BCUT2D eigenvalue weighted by atomic mass is 16.6. The van der Waals surface area contributed by atoms with E-state index in [2.05, 4.69) is 5.16 Å². The number of likely N-dealkylation sites (tertiary alicyclic amines) is 1. The minimum absolute atomic E-state index is 0.150. The molecule has 1 atom stereocenters.